The first-order chi connectivity index (χ1) is 13.2. The van der Waals surface area contributed by atoms with Gasteiger partial charge in [0.2, 0.25) is 5.91 Å². The van der Waals surface area contributed by atoms with Crippen LogP contribution in [0, 0.1) is 5.92 Å². The zero-order chi connectivity index (χ0) is 18.6. The monoisotopic (exact) mass is 368 g/mol. The molecule has 3 saturated heterocycles. The summed E-state index contributed by atoms with van der Waals surface area (Å²) in [6.45, 7) is 1.55. The van der Waals surface area contributed by atoms with Crippen LogP contribution in [-0.4, -0.2) is 41.7 Å². The van der Waals surface area contributed by atoms with Crippen molar-refractivity contribution < 1.29 is 19.1 Å². The molecule has 27 heavy (non-hydrogen) atoms. The second kappa shape index (κ2) is 6.11. The van der Waals surface area contributed by atoms with E-state index in [1.165, 1.54) is 0 Å². The summed E-state index contributed by atoms with van der Waals surface area (Å²) in [5, 5.41) is 9.31. The van der Waals surface area contributed by atoms with E-state index >= 15 is 0 Å². The Balaban J connectivity index is 1.47. The van der Waals surface area contributed by atoms with Gasteiger partial charge in [-0.3, -0.25) is 9.69 Å². The fraction of sp³-hybridized carbons (Fsp3) is 0.476. The molecule has 1 spiro atoms. The van der Waals surface area contributed by atoms with Gasteiger partial charge in [0, 0.05) is 30.8 Å². The van der Waals surface area contributed by atoms with E-state index in [1.807, 2.05) is 41.3 Å². The van der Waals surface area contributed by atoms with Crippen molar-refractivity contribution in [3.63, 3.8) is 0 Å². The van der Waals surface area contributed by atoms with E-state index in [1.54, 1.807) is 7.11 Å². The molecule has 1 aromatic carbocycles. The van der Waals surface area contributed by atoms with E-state index in [0.29, 0.717) is 5.76 Å². The third kappa shape index (κ3) is 2.29. The smallest absolute Gasteiger partial charge is 0.247 e. The summed E-state index contributed by atoms with van der Waals surface area (Å²) >= 11 is 0. The first-order valence-corrected chi connectivity index (χ1v) is 9.59. The Morgan fingerprint density at radius 2 is 2.22 bits per heavy atom. The van der Waals surface area contributed by atoms with Crippen molar-refractivity contribution in [3.05, 3.63) is 47.9 Å². The molecule has 1 aromatic heterocycles. The quantitative estimate of drug-likeness (QED) is 0.899. The van der Waals surface area contributed by atoms with Crippen LogP contribution in [0.2, 0.25) is 0 Å². The predicted octanol–water partition coefficient (Wildman–Crippen LogP) is 2.72. The molecular weight excluding hydrogens is 344 g/mol. The average molecular weight is 368 g/mol. The van der Waals surface area contributed by atoms with Crippen LogP contribution in [-0.2, 0) is 11.4 Å². The lowest BCUT2D eigenvalue weighted by atomic mass is 9.85. The molecule has 142 valence electrons. The highest BCUT2D eigenvalue weighted by Gasteiger charge is 2.65. The minimum absolute atomic E-state index is 0.0934. The predicted molar refractivity (Wildman–Crippen MR) is 99.5 cm³/mol. The van der Waals surface area contributed by atoms with Crippen LogP contribution in [0.1, 0.15) is 36.8 Å². The third-order valence-corrected chi connectivity index (χ3v) is 6.58. The number of benzene rings is 1. The fourth-order valence-corrected chi connectivity index (χ4v) is 5.42. The standard InChI is InChI=1S/C21H24N2O4/c1-26-16-5-2-4-15(11-16)22-12-14-10-18(19-7-6-17(13-24)27-19)23-9-3-8-21(14,23)20(22)25/h2,4-7,11,14,18,24H,3,8-10,12-13H2,1H3/t14-,18-,21-/m0/s1. The Bertz CT molecular complexity index is 879. The maximum atomic E-state index is 13.6. The van der Waals surface area contributed by atoms with Gasteiger partial charge in [-0.25, -0.2) is 0 Å². The van der Waals surface area contributed by atoms with Crippen molar-refractivity contribution in [1.82, 2.24) is 4.90 Å². The second-order valence-corrected chi connectivity index (χ2v) is 7.75. The van der Waals surface area contributed by atoms with Crippen LogP contribution in [0.15, 0.2) is 40.8 Å². The Hall–Kier alpha value is -2.31. The van der Waals surface area contributed by atoms with E-state index < -0.39 is 5.54 Å². The molecule has 0 aliphatic carbocycles. The summed E-state index contributed by atoms with van der Waals surface area (Å²) in [6.07, 6.45) is 2.84. The van der Waals surface area contributed by atoms with E-state index in [4.69, 9.17) is 9.15 Å². The minimum atomic E-state index is -0.417. The number of aliphatic hydroxyl groups excluding tert-OH is 1. The van der Waals surface area contributed by atoms with Crippen molar-refractivity contribution in [2.45, 2.75) is 37.5 Å². The number of amides is 1. The van der Waals surface area contributed by atoms with Gasteiger partial charge in [-0.2, -0.15) is 0 Å². The molecule has 3 fully saturated rings. The van der Waals surface area contributed by atoms with E-state index in [2.05, 4.69) is 4.90 Å². The number of nitrogens with zero attached hydrogens (tertiary/aromatic N) is 2. The molecule has 2 aromatic rings. The summed E-state index contributed by atoms with van der Waals surface area (Å²) in [4.78, 5) is 17.9. The summed E-state index contributed by atoms with van der Waals surface area (Å²) in [6, 6.07) is 11.7. The van der Waals surface area contributed by atoms with Gasteiger partial charge in [-0.1, -0.05) is 6.07 Å². The Kier molecular flexibility index (Phi) is 3.81. The first kappa shape index (κ1) is 16.8. The highest BCUT2D eigenvalue weighted by atomic mass is 16.5. The Morgan fingerprint density at radius 1 is 1.33 bits per heavy atom. The number of aliphatic hydroxyl groups is 1. The molecular formula is C21H24N2O4. The molecule has 1 N–H and O–H groups in total. The molecule has 1 amide bonds. The molecule has 0 unspecified atom stereocenters. The number of ether oxygens (including phenoxy) is 1. The molecule has 0 saturated carbocycles. The first-order valence-electron chi connectivity index (χ1n) is 9.59. The molecule has 6 heteroatoms. The number of hydrogen-bond acceptors (Lipinski definition) is 5. The maximum Gasteiger partial charge on any atom is 0.247 e. The SMILES string of the molecule is COc1cccc(N2C[C@@H]3C[C@@H](c4ccc(CO)o4)N4CCC[C@@]34C2=O)c1. The van der Waals surface area contributed by atoms with Crippen molar-refractivity contribution in [2.75, 3.05) is 25.1 Å². The van der Waals surface area contributed by atoms with Crippen molar-refractivity contribution >= 4 is 11.6 Å². The zero-order valence-corrected chi connectivity index (χ0v) is 15.4. The lowest BCUT2D eigenvalue weighted by Gasteiger charge is -2.32. The van der Waals surface area contributed by atoms with Crippen molar-refractivity contribution in [1.29, 1.82) is 0 Å². The summed E-state index contributed by atoms with van der Waals surface area (Å²) in [7, 11) is 1.64. The van der Waals surface area contributed by atoms with Crippen LogP contribution < -0.4 is 9.64 Å². The molecule has 0 radical (unpaired) electrons. The molecule has 3 aliphatic rings. The van der Waals surface area contributed by atoms with E-state index in [-0.39, 0.29) is 24.5 Å². The summed E-state index contributed by atoms with van der Waals surface area (Å²) < 4.78 is 11.2. The summed E-state index contributed by atoms with van der Waals surface area (Å²) in [5.41, 5.74) is 0.493. The minimum Gasteiger partial charge on any atom is -0.497 e. The number of anilines is 1. The number of furan rings is 1. The van der Waals surface area contributed by atoms with Crippen LogP contribution >= 0.6 is 0 Å². The zero-order valence-electron chi connectivity index (χ0n) is 15.4. The molecule has 0 bridgehead atoms. The van der Waals surface area contributed by atoms with Gasteiger partial charge in [0.1, 0.15) is 29.4 Å². The molecule has 6 nitrogen and oxygen atoms in total. The molecule has 5 rings (SSSR count). The van der Waals surface area contributed by atoms with Crippen molar-refractivity contribution in [3.8, 4) is 5.75 Å². The van der Waals surface area contributed by atoms with E-state index in [0.717, 1.165) is 49.5 Å². The highest BCUT2D eigenvalue weighted by Crippen LogP contribution is 2.56. The van der Waals surface area contributed by atoms with Gasteiger partial charge in [0.05, 0.1) is 13.2 Å². The topological polar surface area (TPSA) is 66.2 Å². The number of hydrogen-bond donors (Lipinski definition) is 1. The molecule has 3 aliphatic heterocycles. The Morgan fingerprint density at radius 3 is 3.00 bits per heavy atom. The van der Waals surface area contributed by atoms with Crippen LogP contribution in [0.5, 0.6) is 5.75 Å². The average Bonchev–Trinajstić information content (AvgIpc) is 3.44. The molecule has 4 heterocycles. The lowest BCUT2D eigenvalue weighted by Crippen LogP contribution is -2.49. The van der Waals surface area contributed by atoms with Crippen LogP contribution in [0.4, 0.5) is 5.69 Å². The second-order valence-electron chi connectivity index (χ2n) is 7.75. The largest absolute Gasteiger partial charge is 0.497 e. The number of rotatable bonds is 4. The summed E-state index contributed by atoms with van der Waals surface area (Å²) in [5.74, 6) is 2.71. The van der Waals surface area contributed by atoms with Gasteiger partial charge in [-0.05, 0) is 43.5 Å². The Labute approximate surface area is 158 Å². The number of methoxy groups -OCH3 is 1. The van der Waals surface area contributed by atoms with Gasteiger partial charge in [0.15, 0.2) is 0 Å². The third-order valence-electron chi connectivity index (χ3n) is 6.58. The van der Waals surface area contributed by atoms with E-state index in [9.17, 15) is 9.90 Å². The van der Waals surface area contributed by atoms with Crippen LogP contribution in [0.3, 0.4) is 0 Å². The van der Waals surface area contributed by atoms with Gasteiger partial charge in [-0.15, -0.1) is 0 Å². The lowest BCUT2D eigenvalue weighted by molar-refractivity contribution is -0.126. The number of carbonyl (C=O) groups excluding carboxylic acids is 1. The number of carbonyl (C=O) groups is 1. The normalized spacial score (nSPS) is 30.0. The van der Waals surface area contributed by atoms with Gasteiger partial charge in [0.25, 0.3) is 0 Å². The maximum absolute atomic E-state index is 13.6. The van der Waals surface area contributed by atoms with Gasteiger partial charge >= 0.3 is 0 Å². The van der Waals surface area contributed by atoms with Gasteiger partial charge < -0.3 is 19.2 Å². The van der Waals surface area contributed by atoms with Crippen molar-refractivity contribution in [2.24, 2.45) is 5.92 Å². The van der Waals surface area contributed by atoms with Crippen LogP contribution in [0.25, 0.3) is 0 Å². The molecule has 3 atom stereocenters. The highest BCUT2D eigenvalue weighted by molar-refractivity contribution is 6.03. The fourth-order valence-electron chi connectivity index (χ4n) is 5.42.